The molecule has 40 heavy (non-hydrogen) atoms. The average Bonchev–Trinajstić information content (AvgIpc) is 3.43. The molecule has 0 amide bonds. The van der Waals surface area contributed by atoms with Gasteiger partial charge in [-0.2, -0.15) is 4.98 Å². The Morgan fingerprint density at radius 1 is 0.900 bits per heavy atom. The van der Waals surface area contributed by atoms with E-state index in [-0.39, 0.29) is 18.2 Å². The van der Waals surface area contributed by atoms with Crippen molar-refractivity contribution in [1.82, 2.24) is 30.1 Å². The molecule has 5 N–H and O–H groups in total. The highest BCUT2D eigenvalue weighted by atomic mass is 19.1. The summed E-state index contributed by atoms with van der Waals surface area (Å²) in [7, 11) is 0. The Balaban J connectivity index is 0.000000186. The van der Waals surface area contributed by atoms with Crippen LogP contribution in [0.15, 0.2) is 83.3 Å². The third kappa shape index (κ3) is 7.50. The highest BCUT2D eigenvalue weighted by Crippen LogP contribution is 2.20. The Hall–Kier alpha value is -5.53. The fourth-order valence-electron chi connectivity index (χ4n) is 3.31. The molecule has 12 nitrogen and oxygen atoms in total. The minimum absolute atomic E-state index is 0.132. The van der Waals surface area contributed by atoms with Crippen LogP contribution in [-0.2, 0) is 13.1 Å². The van der Waals surface area contributed by atoms with Gasteiger partial charge in [-0.3, -0.25) is 9.97 Å². The summed E-state index contributed by atoms with van der Waals surface area (Å²) in [5.74, 6) is 1.05. The smallest absolute Gasteiger partial charge is 0.223 e. The molecule has 0 saturated heterocycles. The zero-order valence-electron chi connectivity index (χ0n) is 21.2. The van der Waals surface area contributed by atoms with E-state index in [1.807, 2.05) is 0 Å². The number of anilines is 2. The number of nitrogens with two attached hydrogens (primary N) is 1. The molecular weight excluding hydrogens is 522 g/mol. The Morgan fingerprint density at radius 2 is 1.50 bits per heavy atom. The fourth-order valence-corrected chi connectivity index (χ4v) is 3.31. The summed E-state index contributed by atoms with van der Waals surface area (Å²) in [5.41, 5.74) is 7.24. The quantitative estimate of drug-likeness (QED) is 0.0961. The minimum Gasteiger partial charge on any atom is -0.409 e. The predicted octanol–water partition coefficient (Wildman–Crippen LogP) is 3.91. The van der Waals surface area contributed by atoms with E-state index in [2.05, 4.69) is 45.9 Å². The second kappa shape index (κ2) is 13.3. The van der Waals surface area contributed by atoms with E-state index in [4.69, 9.17) is 15.5 Å². The first-order valence-electron chi connectivity index (χ1n) is 11.8. The van der Waals surface area contributed by atoms with Crippen LogP contribution in [0.1, 0.15) is 22.6 Å². The number of nitrogens with one attached hydrogen (secondary N) is 2. The first kappa shape index (κ1) is 27.5. The van der Waals surface area contributed by atoms with Gasteiger partial charge in [-0.05, 0) is 12.1 Å². The zero-order chi connectivity index (χ0) is 28.3. The monoisotopic (exact) mass is 546 g/mol. The summed E-state index contributed by atoms with van der Waals surface area (Å²) in [4.78, 5) is 20.0. The van der Waals surface area contributed by atoms with Crippen LogP contribution in [0.25, 0.3) is 11.4 Å². The SMILES string of the molecule is Cc1nc(-c2ccc(CNc3cnccn3)c(F)c2)no1.NC(=NO)c1ccc(CNc2cnccn2)c(F)c1. The van der Waals surface area contributed by atoms with Gasteiger partial charge in [-0.15, -0.1) is 0 Å². The van der Waals surface area contributed by atoms with Crippen LogP contribution in [0, 0.1) is 18.6 Å². The number of aryl methyl sites for hydroxylation is 1. The van der Waals surface area contributed by atoms with Crippen molar-refractivity contribution in [3.63, 3.8) is 0 Å². The Bertz CT molecular complexity index is 1570. The summed E-state index contributed by atoms with van der Waals surface area (Å²) in [6.45, 7) is 2.27. The van der Waals surface area contributed by atoms with Crippen molar-refractivity contribution in [2.45, 2.75) is 20.0 Å². The van der Waals surface area contributed by atoms with Crippen LogP contribution in [-0.4, -0.2) is 41.1 Å². The minimum atomic E-state index is -0.444. The van der Waals surface area contributed by atoms with Crippen LogP contribution in [0.2, 0.25) is 0 Å². The average molecular weight is 547 g/mol. The van der Waals surface area contributed by atoms with E-state index in [1.54, 1.807) is 68.4 Å². The zero-order valence-corrected chi connectivity index (χ0v) is 21.2. The Morgan fingerprint density at radius 3 is 1.98 bits per heavy atom. The lowest BCUT2D eigenvalue weighted by Crippen LogP contribution is -2.14. The van der Waals surface area contributed by atoms with Crippen molar-refractivity contribution in [3.8, 4) is 11.4 Å². The first-order valence-corrected chi connectivity index (χ1v) is 11.8. The maximum atomic E-state index is 14.1. The molecule has 3 heterocycles. The second-order valence-electron chi connectivity index (χ2n) is 8.12. The molecule has 0 bridgehead atoms. The number of benzene rings is 2. The molecule has 0 saturated carbocycles. The van der Waals surface area contributed by atoms with Gasteiger partial charge in [-0.1, -0.05) is 34.6 Å². The number of nitrogens with zero attached hydrogens (tertiary/aromatic N) is 7. The summed E-state index contributed by atoms with van der Waals surface area (Å²) in [6.07, 6.45) is 9.36. The molecule has 5 rings (SSSR count). The van der Waals surface area contributed by atoms with Crippen molar-refractivity contribution in [2.24, 2.45) is 10.9 Å². The van der Waals surface area contributed by atoms with E-state index in [9.17, 15) is 8.78 Å². The molecule has 3 aromatic heterocycles. The second-order valence-corrected chi connectivity index (χ2v) is 8.12. The van der Waals surface area contributed by atoms with Crippen LogP contribution in [0.3, 0.4) is 0 Å². The number of amidine groups is 1. The van der Waals surface area contributed by atoms with Crippen molar-refractivity contribution >= 4 is 17.5 Å². The molecule has 5 aromatic rings. The standard InChI is InChI=1S/C14H12FN5O.C12H12FN5O/c1-9-19-14(20-21-9)10-2-3-11(12(15)6-10)7-18-13-8-16-4-5-17-13;13-10-5-8(12(14)18-19)1-2-9(10)6-17-11-7-15-3-4-16-11/h2-6,8H,7H2,1H3,(H,17,18);1-5,7,19H,6H2,(H2,14,18)(H,16,17). The van der Waals surface area contributed by atoms with Gasteiger partial charge in [-0.25, -0.2) is 18.7 Å². The molecule has 0 radical (unpaired) electrons. The van der Waals surface area contributed by atoms with Gasteiger partial charge in [0.2, 0.25) is 11.7 Å². The van der Waals surface area contributed by atoms with E-state index in [0.717, 1.165) is 0 Å². The lowest BCUT2D eigenvalue weighted by atomic mass is 10.1. The fraction of sp³-hybridized carbons (Fsp3) is 0.115. The van der Waals surface area contributed by atoms with E-state index >= 15 is 0 Å². The summed E-state index contributed by atoms with van der Waals surface area (Å²) < 4.78 is 32.7. The normalized spacial score (nSPS) is 10.9. The number of hydrogen-bond donors (Lipinski definition) is 4. The number of rotatable bonds is 8. The number of oxime groups is 1. The highest BCUT2D eigenvalue weighted by Gasteiger charge is 2.10. The van der Waals surface area contributed by atoms with Gasteiger partial charge >= 0.3 is 0 Å². The summed E-state index contributed by atoms with van der Waals surface area (Å²) in [6, 6.07) is 9.17. The van der Waals surface area contributed by atoms with Crippen LogP contribution < -0.4 is 16.4 Å². The largest absolute Gasteiger partial charge is 0.409 e. The van der Waals surface area contributed by atoms with Crippen LogP contribution in [0.5, 0.6) is 0 Å². The van der Waals surface area contributed by atoms with Gasteiger partial charge in [0.05, 0.1) is 12.4 Å². The van der Waals surface area contributed by atoms with Crippen molar-refractivity contribution < 1.29 is 18.5 Å². The van der Waals surface area contributed by atoms with Crippen molar-refractivity contribution in [2.75, 3.05) is 10.6 Å². The molecular formula is C26H24F2N10O2. The van der Waals surface area contributed by atoms with Crippen molar-refractivity contribution in [3.05, 3.63) is 108 Å². The number of aromatic nitrogens is 6. The van der Waals surface area contributed by atoms with Gasteiger partial charge < -0.3 is 26.1 Å². The Labute approximate surface area is 227 Å². The van der Waals surface area contributed by atoms with Gasteiger partial charge in [0.15, 0.2) is 5.84 Å². The van der Waals surface area contributed by atoms with Gasteiger partial charge in [0.25, 0.3) is 0 Å². The third-order valence-electron chi connectivity index (χ3n) is 5.34. The third-order valence-corrected chi connectivity index (χ3v) is 5.34. The highest BCUT2D eigenvalue weighted by molar-refractivity contribution is 5.97. The molecule has 0 fully saturated rings. The molecule has 0 aliphatic heterocycles. The predicted molar refractivity (Wildman–Crippen MR) is 142 cm³/mol. The van der Waals surface area contributed by atoms with E-state index < -0.39 is 5.82 Å². The van der Waals surface area contributed by atoms with Gasteiger partial charge in [0, 0.05) is 67.1 Å². The molecule has 2 aromatic carbocycles. The number of halogens is 2. The summed E-state index contributed by atoms with van der Waals surface area (Å²) >= 11 is 0. The first-order chi connectivity index (χ1) is 19.4. The molecule has 0 unspecified atom stereocenters. The summed E-state index contributed by atoms with van der Waals surface area (Å²) in [5, 5.41) is 21.0. The molecule has 14 heteroatoms. The van der Waals surface area contributed by atoms with E-state index in [0.29, 0.717) is 52.1 Å². The molecule has 0 spiro atoms. The molecule has 0 atom stereocenters. The Kier molecular flexibility index (Phi) is 9.16. The maximum absolute atomic E-state index is 14.1. The van der Waals surface area contributed by atoms with E-state index in [1.165, 1.54) is 12.1 Å². The lowest BCUT2D eigenvalue weighted by Gasteiger charge is -2.07. The molecule has 204 valence electrons. The maximum Gasteiger partial charge on any atom is 0.223 e. The molecule has 0 aliphatic carbocycles. The topological polar surface area (TPSA) is 173 Å². The lowest BCUT2D eigenvalue weighted by molar-refractivity contribution is 0.318. The number of hydrogen-bond acceptors (Lipinski definition) is 11. The van der Waals surface area contributed by atoms with Gasteiger partial charge in [0.1, 0.15) is 23.3 Å². The van der Waals surface area contributed by atoms with Crippen LogP contribution in [0.4, 0.5) is 20.4 Å². The van der Waals surface area contributed by atoms with Crippen LogP contribution >= 0.6 is 0 Å². The molecule has 0 aliphatic rings. The van der Waals surface area contributed by atoms with Crippen molar-refractivity contribution in [1.29, 1.82) is 0 Å².